The van der Waals surface area contributed by atoms with Crippen molar-refractivity contribution in [2.75, 3.05) is 53.1 Å². The summed E-state index contributed by atoms with van der Waals surface area (Å²) >= 11 is 0. The van der Waals surface area contributed by atoms with Crippen molar-refractivity contribution < 1.29 is 9.47 Å². The second kappa shape index (κ2) is 7.58. The maximum atomic E-state index is 5.57. The van der Waals surface area contributed by atoms with Gasteiger partial charge in [0.05, 0.1) is 0 Å². The van der Waals surface area contributed by atoms with E-state index in [9.17, 15) is 0 Å². The number of hydrogen-bond donors (Lipinski definition) is 1. The molecule has 0 aliphatic carbocycles. The van der Waals surface area contributed by atoms with Crippen molar-refractivity contribution in [1.29, 1.82) is 0 Å². The van der Waals surface area contributed by atoms with Gasteiger partial charge in [-0.05, 0) is 44.7 Å². The lowest BCUT2D eigenvalue weighted by Gasteiger charge is -2.43. The molecule has 4 heteroatoms. The Morgan fingerprint density at radius 3 is 2.37 bits per heavy atom. The molecule has 4 nitrogen and oxygen atoms in total. The molecule has 0 amide bonds. The third-order valence-corrected chi connectivity index (χ3v) is 4.70. The van der Waals surface area contributed by atoms with E-state index in [0.717, 1.165) is 39.5 Å². The predicted molar refractivity (Wildman–Crippen MR) is 77.5 cm³/mol. The predicted octanol–water partition coefficient (Wildman–Crippen LogP) is 1.50. The molecule has 0 unspecified atom stereocenters. The molecule has 19 heavy (non-hydrogen) atoms. The minimum atomic E-state index is 0.404. The third-order valence-electron chi connectivity index (χ3n) is 4.70. The van der Waals surface area contributed by atoms with Gasteiger partial charge in [-0.2, -0.15) is 0 Å². The Hall–Kier alpha value is -0.160. The van der Waals surface area contributed by atoms with Gasteiger partial charge in [-0.15, -0.1) is 0 Å². The van der Waals surface area contributed by atoms with Gasteiger partial charge < -0.3 is 19.7 Å². The monoisotopic (exact) mass is 270 g/mol. The van der Waals surface area contributed by atoms with Crippen LogP contribution in [-0.2, 0) is 9.47 Å². The number of rotatable bonds is 6. The van der Waals surface area contributed by atoms with Crippen LogP contribution in [-0.4, -0.2) is 64.1 Å². The molecule has 0 radical (unpaired) electrons. The quantitative estimate of drug-likeness (QED) is 0.793. The molecule has 2 aliphatic rings. The molecule has 2 aliphatic heterocycles. The minimum absolute atomic E-state index is 0.404. The lowest BCUT2D eigenvalue weighted by molar-refractivity contribution is -0.0206. The number of nitrogens with one attached hydrogen (secondary N) is 1. The molecular formula is C15H30N2O2. The van der Waals surface area contributed by atoms with Gasteiger partial charge in [-0.1, -0.05) is 6.92 Å². The zero-order valence-corrected chi connectivity index (χ0v) is 12.6. The molecule has 0 saturated carbocycles. The average Bonchev–Trinajstić information content (AvgIpc) is 2.47. The maximum absolute atomic E-state index is 5.57. The average molecular weight is 270 g/mol. The molecule has 0 bridgehead atoms. The number of ether oxygens (including phenoxy) is 2. The number of hydrogen-bond acceptors (Lipinski definition) is 4. The van der Waals surface area contributed by atoms with Gasteiger partial charge in [0.15, 0.2) is 0 Å². The van der Waals surface area contributed by atoms with E-state index in [1.165, 1.54) is 32.2 Å². The molecule has 2 fully saturated rings. The van der Waals surface area contributed by atoms with Gasteiger partial charge in [0, 0.05) is 45.6 Å². The molecule has 1 N–H and O–H groups in total. The van der Waals surface area contributed by atoms with Gasteiger partial charge in [0.25, 0.3) is 0 Å². The van der Waals surface area contributed by atoms with Crippen molar-refractivity contribution >= 4 is 0 Å². The zero-order chi connectivity index (χ0) is 13.6. The topological polar surface area (TPSA) is 33.7 Å². The van der Waals surface area contributed by atoms with Crippen molar-refractivity contribution in [2.45, 2.75) is 38.6 Å². The van der Waals surface area contributed by atoms with E-state index in [-0.39, 0.29) is 0 Å². The van der Waals surface area contributed by atoms with Crippen molar-refractivity contribution in [1.82, 2.24) is 10.2 Å². The molecule has 112 valence electrons. The van der Waals surface area contributed by atoms with Crippen LogP contribution in [0.25, 0.3) is 0 Å². The van der Waals surface area contributed by atoms with E-state index in [4.69, 9.17) is 9.47 Å². The van der Waals surface area contributed by atoms with Crippen molar-refractivity contribution in [3.05, 3.63) is 0 Å². The van der Waals surface area contributed by atoms with Crippen LogP contribution in [0.2, 0.25) is 0 Å². The van der Waals surface area contributed by atoms with Gasteiger partial charge >= 0.3 is 0 Å². The van der Waals surface area contributed by atoms with E-state index < -0.39 is 0 Å². The van der Waals surface area contributed by atoms with Gasteiger partial charge in [0.1, 0.15) is 0 Å². The van der Waals surface area contributed by atoms with Crippen LogP contribution in [0.4, 0.5) is 0 Å². The normalized spacial score (nSPS) is 24.8. The maximum Gasteiger partial charge on any atom is 0.0480 e. The molecule has 0 aromatic rings. The second-order valence-corrected chi connectivity index (χ2v) is 6.15. The summed E-state index contributed by atoms with van der Waals surface area (Å²) in [7, 11) is 2.29. The van der Waals surface area contributed by atoms with Crippen LogP contribution in [0.1, 0.15) is 32.6 Å². The van der Waals surface area contributed by atoms with Crippen LogP contribution in [0.15, 0.2) is 0 Å². The van der Waals surface area contributed by atoms with E-state index in [1.807, 2.05) is 0 Å². The van der Waals surface area contributed by atoms with Crippen molar-refractivity contribution in [3.8, 4) is 0 Å². The van der Waals surface area contributed by atoms with Gasteiger partial charge in [0.2, 0.25) is 0 Å². The fourth-order valence-electron chi connectivity index (χ4n) is 3.37. The first-order chi connectivity index (χ1) is 9.26. The Balaban J connectivity index is 1.90. The summed E-state index contributed by atoms with van der Waals surface area (Å²) in [6.45, 7) is 9.27. The molecule has 2 heterocycles. The molecule has 0 atom stereocenters. The second-order valence-electron chi connectivity index (χ2n) is 6.15. The highest BCUT2D eigenvalue weighted by atomic mass is 16.5. The third kappa shape index (κ3) is 4.42. The lowest BCUT2D eigenvalue weighted by atomic mass is 9.79. The summed E-state index contributed by atoms with van der Waals surface area (Å²) in [5, 5.41) is 3.56. The standard InChI is InChI=1S/C15H30N2O2/c1-3-16-12-15(6-10-19-11-7-15)13-17(2)14-4-8-18-9-5-14/h14,16H,3-13H2,1-2H3. The molecular weight excluding hydrogens is 240 g/mol. The highest BCUT2D eigenvalue weighted by Crippen LogP contribution is 2.32. The Morgan fingerprint density at radius 1 is 1.11 bits per heavy atom. The van der Waals surface area contributed by atoms with Gasteiger partial charge in [-0.25, -0.2) is 0 Å². The van der Waals surface area contributed by atoms with Crippen molar-refractivity contribution in [3.63, 3.8) is 0 Å². The van der Waals surface area contributed by atoms with Crippen LogP contribution < -0.4 is 5.32 Å². The SMILES string of the molecule is CCNCC1(CN(C)C2CCOCC2)CCOCC1. The summed E-state index contributed by atoms with van der Waals surface area (Å²) in [5.41, 5.74) is 0.404. The summed E-state index contributed by atoms with van der Waals surface area (Å²) in [6, 6.07) is 0.704. The fraction of sp³-hybridized carbons (Fsp3) is 1.00. The fourth-order valence-corrected chi connectivity index (χ4v) is 3.37. The number of nitrogens with zero attached hydrogens (tertiary/aromatic N) is 1. The summed E-state index contributed by atoms with van der Waals surface area (Å²) in [5.74, 6) is 0. The minimum Gasteiger partial charge on any atom is -0.381 e. The molecule has 0 aromatic heterocycles. The van der Waals surface area contributed by atoms with Crippen molar-refractivity contribution in [2.24, 2.45) is 5.41 Å². The highest BCUT2D eigenvalue weighted by molar-refractivity contribution is 4.88. The Morgan fingerprint density at radius 2 is 1.74 bits per heavy atom. The zero-order valence-electron chi connectivity index (χ0n) is 12.6. The summed E-state index contributed by atoms with van der Waals surface area (Å²) in [4.78, 5) is 2.57. The Labute approximate surface area is 117 Å². The first kappa shape index (κ1) is 15.2. The van der Waals surface area contributed by atoms with Crippen LogP contribution >= 0.6 is 0 Å². The van der Waals surface area contributed by atoms with Crippen LogP contribution in [0, 0.1) is 5.41 Å². The van der Waals surface area contributed by atoms with E-state index in [2.05, 4.69) is 24.2 Å². The highest BCUT2D eigenvalue weighted by Gasteiger charge is 2.35. The molecule has 0 aromatic carbocycles. The smallest absolute Gasteiger partial charge is 0.0480 e. The van der Waals surface area contributed by atoms with E-state index in [1.54, 1.807) is 0 Å². The Kier molecular flexibility index (Phi) is 6.07. The first-order valence-electron chi connectivity index (χ1n) is 7.82. The van der Waals surface area contributed by atoms with Crippen LogP contribution in [0.3, 0.4) is 0 Å². The van der Waals surface area contributed by atoms with Crippen LogP contribution in [0.5, 0.6) is 0 Å². The largest absolute Gasteiger partial charge is 0.381 e. The summed E-state index contributed by atoms with van der Waals surface area (Å²) in [6.07, 6.45) is 4.75. The Bertz CT molecular complexity index is 249. The first-order valence-corrected chi connectivity index (χ1v) is 7.82. The lowest BCUT2D eigenvalue weighted by Crippen LogP contribution is -2.49. The molecule has 0 spiro atoms. The summed E-state index contributed by atoms with van der Waals surface area (Å²) < 4.78 is 11.0. The van der Waals surface area contributed by atoms with E-state index >= 15 is 0 Å². The van der Waals surface area contributed by atoms with Gasteiger partial charge in [-0.3, -0.25) is 0 Å². The molecule has 2 saturated heterocycles. The van der Waals surface area contributed by atoms with E-state index in [0.29, 0.717) is 11.5 Å². The molecule has 2 rings (SSSR count).